The second kappa shape index (κ2) is 5.71. The highest BCUT2D eigenvalue weighted by Gasteiger charge is 2.40. The Bertz CT molecular complexity index is 270. The Morgan fingerprint density at radius 2 is 2.24 bits per heavy atom. The summed E-state index contributed by atoms with van der Waals surface area (Å²) in [7, 11) is 0. The average molecular weight is 240 g/mol. The van der Waals surface area contributed by atoms with Gasteiger partial charge in [-0.05, 0) is 25.2 Å². The van der Waals surface area contributed by atoms with Gasteiger partial charge in [0.25, 0.3) is 0 Å². The number of carbonyl (C=O) groups is 1. The lowest BCUT2D eigenvalue weighted by Gasteiger charge is -2.28. The van der Waals surface area contributed by atoms with Gasteiger partial charge in [-0.1, -0.05) is 19.8 Å². The van der Waals surface area contributed by atoms with Crippen LogP contribution in [0.15, 0.2) is 0 Å². The van der Waals surface area contributed by atoms with Crippen molar-refractivity contribution in [3.63, 3.8) is 0 Å². The molecule has 0 aromatic rings. The molecule has 2 fully saturated rings. The number of rotatable bonds is 3. The van der Waals surface area contributed by atoms with E-state index in [1.54, 1.807) is 0 Å². The first-order valence-electron chi connectivity index (χ1n) is 6.93. The number of fused-ring (bicyclic) bond motifs is 1. The Labute approximate surface area is 103 Å². The quantitative estimate of drug-likeness (QED) is 0.736. The number of hydrogen-bond acceptors (Lipinski definition) is 2. The molecule has 4 nitrogen and oxygen atoms in total. The van der Waals surface area contributed by atoms with Crippen molar-refractivity contribution < 1.29 is 9.90 Å². The molecule has 1 heterocycles. The molecule has 3 atom stereocenters. The first-order chi connectivity index (χ1) is 8.22. The zero-order valence-corrected chi connectivity index (χ0v) is 10.7. The van der Waals surface area contributed by atoms with E-state index in [4.69, 9.17) is 0 Å². The Hall–Kier alpha value is -0.770. The van der Waals surface area contributed by atoms with Gasteiger partial charge in [-0.2, -0.15) is 0 Å². The number of hydrogen-bond donors (Lipinski definition) is 2. The fraction of sp³-hybridized carbons (Fsp3) is 0.923. The highest BCUT2D eigenvalue weighted by Crippen LogP contribution is 2.36. The first kappa shape index (κ1) is 12.7. The number of unbranched alkanes of at least 4 members (excludes halogenated alkanes) is 1. The van der Waals surface area contributed by atoms with Crippen molar-refractivity contribution in [1.29, 1.82) is 0 Å². The lowest BCUT2D eigenvalue weighted by molar-refractivity contribution is 0.0553. The van der Waals surface area contributed by atoms with Gasteiger partial charge in [0.05, 0.1) is 6.10 Å². The summed E-state index contributed by atoms with van der Waals surface area (Å²) in [6.45, 7) is 4.46. The lowest BCUT2D eigenvalue weighted by atomic mass is 9.80. The molecule has 98 valence electrons. The van der Waals surface area contributed by atoms with E-state index in [2.05, 4.69) is 12.2 Å². The summed E-state index contributed by atoms with van der Waals surface area (Å²) in [6.07, 6.45) is 5.13. The molecule has 1 aliphatic heterocycles. The van der Waals surface area contributed by atoms with Gasteiger partial charge in [-0.25, -0.2) is 4.79 Å². The summed E-state index contributed by atoms with van der Waals surface area (Å²) in [5.74, 6) is 0.844. The lowest BCUT2D eigenvalue weighted by Crippen LogP contribution is -2.39. The summed E-state index contributed by atoms with van der Waals surface area (Å²) in [4.78, 5) is 13.8. The minimum atomic E-state index is -0.192. The number of aliphatic hydroxyl groups is 1. The summed E-state index contributed by atoms with van der Waals surface area (Å²) in [6, 6.07) is 0.0556. The minimum absolute atomic E-state index is 0.0556. The molecule has 2 N–H and O–H groups in total. The summed E-state index contributed by atoms with van der Waals surface area (Å²) in [5.41, 5.74) is 0. The van der Waals surface area contributed by atoms with E-state index in [0.717, 1.165) is 45.3 Å². The third-order valence-corrected chi connectivity index (χ3v) is 4.15. The number of aliphatic hydroxyl groups excluding tert-OH is 1. The maximum Gasteiger partial charge on any atom is 0.317 e. The van der Waals surface area contributed by atoms with Crippen LogP contribution in [-0.4, -0.2) is 41.8 Å². The van der Waals surface area contributed by atoms with Crippen molar-refractivity contribution in [3.8, 4) is 0 Å². The van der Waals surface area contributed by atoms with E-state index in [-0.39, 0.29) is 12.1 Å². The van der Waals surface area contributed by atoms with Crippen LogP contribution in [-0.2, 0) is 0 Å². The van der Waals surface area contributed by atoms with Crippen LogP contribution in [0.1, 0.15) is 39.0 Å². The van der Waals surface area contributed by atoms with Gasteiger partial charge in [-0.3, -0.25) is 0 Å². The second-order valence-corrected chi connectivity index (χ2v) is 5.41. The summed E-state index contributed by atoms with van der Waals surface area (Å²) < 4.78 is 0. The molecule has 1 aliphatic carbocycles. The Morgan fingerprint density at radius 1 is 1.41 bits per heavy atom. The number of nitrogens with one attached hydrogen (secondary N) is 1. The van der Waals surface area contributed by atoms with Crippen molar-refractivity contribution in [2.45, 2.75) is 45.1 Å². The minimum Gasteiger partial charge on any atom is -0.393 e. The predicted octanol–water partition coefficient (Wildman–Crippen LogP) is 1.59. The van der Waals surface area contributed by atoms with E-state index in [1.165, 1.54) is 6.42 Å². The highest BCUT2D eigenvalue weighted by molar-refractivity contribution is 5.74. The molecule has 2 amide bonds. The Kier molecular flexibility index (Phi) is 4.26. The molecule has 0 radical (unpaired) electrons. The third-order valence-electron chi connectivity index (χ3n) is 4.15. The van der Waals surface area contributed by atoms with Gasteiger partial charge in [0.2, 0.25) is 0 Å². The first-order valence-corrected chi connectivity index (χ1v) is 6.93. The molecular formula is C13H24N2O2. The standard InChI is InChI=1S/C13H24N2O2/c1-2-3-7-14-13(17)15-8-10-5-4-6-12(16)11(10)9-15/h10-12,16H,2-9H2,1H3,(H,14,17)/t10-,11+,12?/m0/s1. The molecule has 2 rings (SSSR count). The molecule has 1 saturated carbocycles. The van der Waals surface area contributed by atoms with Crippen molar-refractivity contribution in [2.75, 3.05) is 19.6 Å². The molecule has 0 aromatic heterocycles. The number of urea groups is 1. The maximum atomic E-state index is 11.9. The van der Waals surface area contributed by atoms with Crippen LogP contribution >= 0.6 is 0 Å². The Morgan fingerprint density at radius 3 is 2.94 bits per heavy atom. The van der Waals surface area contributed by atoms with Gasteiger partial charge >= 0.3 is 6.03 Å². The highest BCUT2D eigenvalue weighted by atomic mass is 16.3. The van der Waals surface area contributed by atoms with E-state index in [0.29, 0.717) is 11.8 Å². The number of likely N-dealkylation sites (tertiary alicyclic amines) is 1. The van der Waals surface area contributed by atoms with Crippen molar-refractivity contribution in [2.24, 2.45) is 11.8 Å². The molecule has 17 heavy (non-hydrogen) atoms. The predicted molar refractivity (Wildman–Crippen MR) is 66.7 cm³/mol. The van der Waals surface area contributed by atoms with Crippen molar-refractivity contribution >= 4 is 6.03 Å². The fourth-order valence-corrected chi connectivity index (χ4v) is 3.09. The molecule has 2 aliphatic rings. The van der Waals surface area contributed by atoms with Crippen LogP contribution in [0.5, 0.6) is 0 Å². The molecule has 0 bridgehead atoms. The SMILES string of the molecule is CCCCNC(=O)N1C[C@@H]2CCCC(O)[C@@H]2C1. The maximum absolute atomic E-state index is 11.9. The van der Waals surface area contributed by atoms with Crippen LogP contribution < -0.4 is 5.32 Å². The number of nitrogens with zero attached hydrogens (tertiary/aromatic N) is 1. The molecule has 4 heteroatoms. The van der Waals surface area contributed by atoms with Gasteiger partial charge < -0.3 is 15.3 Å². The third kappa shape index (κ3) is 2.92. The smallest absolute Gasteiger partial charge is 0.317 e. The van der Waals surface area contributed by atoms with Crippen LogP contribution in [0.4, 0.5) is 4.79 Å². The van der Waals surface area contributed by atoms with Gasteiger partial charge in [0, 0.05) is 25.6 Å². The summed E-state index contributed by atoms with van der Waals surface area (Å²) >= 11 is 0. The topological polar surface area (TPSA) is 52.6 Å². The fourth-order valence-electron chi connectivity index (χ4n) is 3.09. The van der Waals surface area contributed by atoms with E-state index in [9.17, 15) is 9.90 Å². The average Bonchev–Trinajstić information content (AvgIpc) is 2.75. The second-order valence-electron chi connectivity index (χ2n) is 5.41. The molecule has 1 unspecified atom stereocenters. The van der Waals surface area contributed by atoms with E-state index >= 15 is 0 Å². The Balaban J connectivity index is 1.81. The zero-order valence-electron chi connectivity index (χ0n) is 10.7. The van der Waals surface area contributed by atoms with Crippen LogP contribution in [0, 0.1) is 11.8 Å². The number of carbonyl (C=O) groups excluding carboxylic acids is 1. The number of amides is 2. The molecular weight excluding hydrogens is 216 g/mol. The van der Waals surface area contributed by atoms with Crippen molar-refractivity contribution in [3.05, 3.63) is 0 Å². The van der Waals surface area contributed by atoms with Crippen LogP contribution in [0.3, 0.4) is 0 Å². The van der Waals surface area contributed by atoms with Gasteiger partial charge in [0.15, 0.2) is 0 Å². The van der Waals surface area contributed by atoms with Gasteiger partial charge in [-0.15, -0.1) is 0 Å². The normalized spacial score (nSPS) is 32.4. The van der Waals surface area contributed by atoms with Crippen molar-refractivity contribution in [1.82, 2.24) is 10.2 Å². The molecule has 1 saturated heterocycles. The summed E-state index contributed by atoms with van der Waals surface area (Å²) in [5, 5.41) is 12.9. The van der Waals surface area contributed by atoms with E-state index < -0.39 is 0 Å². The van der Waals surface area contributed by atoms with Crippen LogP contribution in [0.25, 0.3) is 0 Å². The van der Waals surface area contributed by atoms with Gasteiger partial charge in [0.1, 0.15) is 0 Å². The zero-order chi connectivity index (χ0) is 12.3. The molecule has 0 spiro atoms. The molecule has 0 aromatic carbocycles. The van der Waals surface area contributed by atoms with E-state index in [1.807, 2.05) is 4.90 Å². The monoisotopic (exact) mass is 240 g/mol. The van der Waals surface area contributed by atoms with Crippen LogP contribution in [0.2, 0.25) is 0 Å². The largest absolute Gasteiger partial charge is 0.393 e.